The zero-order valence-electron chi connectivity index (χ0n) is 21.0. The number of carbonyl (C=O) groups is 1. The Kier molecular flexibility index (Phi) is 7.37. The van der Waals surface area contributed by atoms with Crippen LogP contribution in [-0.2, 0) is 19.1 Å². The second-order valence-corrected chi connectivity index (χ2v) is 9.85. The molecule has 0 atom stereocenters. The molecule has 1 aromatic heterocycles. The molecule has 0 unspecified atom stereocenters. The van der Waals surface area contributed by atoms with Crippen molar-refractivity contribution in [2.45, 2.75) is 38.5 Å². The van der Waals surface area contributed by atoms with Gasteiger partial charge in [0.15, 0.2) is 11.6 Å². The third-order valence-corrected chi connectivity index (χ3v) is 6.63. The molecule has 8 nitrogen and oxygen atoms in total. The summed E-state index contributed by atoms with van der Waals surface area (Å²) in [6.07, 6.45) is -1.35. The van der Waals surface area contributed by atoms with Gasteiger partial charge in [0.2, 0.25) is 5.95 Å². The maximum atomic E-state index is 13.1. The van der Waals surface area contributed by atoms with Crippen molar-refractivity contribution in [1.82, 2.24) is 20.2 Å². The number of carbonyl (C=O) groups excluding carboxylic acids is 1. The number of likely N-dealkylation sites (tertiary alicyclic amines) is 1. The quantitative estimate of drug-likeness (QED) is 0.325. The minimum atomic E-state index is -4.52. The standard InChI is InChI=1S/C27H26ClF3N6O2/c1-3-4-22-17(12-33-26(36-22)35-20-9-18(27(29,30)31)8-19(28)10-20)11-32-21-13-37(14-21)25(38)16-5-6-23-24(7-16)39-15(2)34-23/h5-10,12,21,32,34H,2-4,11,13-14H2,1H3,(H,33,35,36). The van der Waals surface area contributed by atoms with Gasteiger partial charge in [0.25, 0.3) is 5.91 Å². The van der Waals surface area contributed by atoms with Crippen LogP contribution in [0.2, 0.25) is 5.02 Å². The Morgan fingerprint density at radius 1 is 1.26 bits per heavy atom. The number of nitrogens with one attached hydrogen (secondary N) is 3. The molecule has 0 radical (unpaired) electrons. The van der Waals surface area contributed by atoms with E-state index in [1.165, 1.54) is 6.07 Å². The minimum absolute atomic E-state index is 0.0395. The number of amides is 1. The monoisotopic (exact) mass is 558 g/mol. The number of nitrogens with zero attached hydrogens (tertiary/aromatic N) is 3. The second kappa shape index (κ2) is 10.7. The van der Waals surface area contributed by atoms with E-state index in [0.29, 0.717) is 43.3 Å². The van der Waals surface area contributed by atoms with Crippen LogP contribution in [-0.4, -0.2) is 39.9 Å². The van der Waals surface area contributed by atoms with Gasteiger partial charge in [0, 0.05) is 53.7 Å². The molecule has 1 amide bonds. The number of ether oxygens (including phenoxy) is 1. The number of aromatic nitrogens is 2. The molecule has 39 heavy (non-hydrogen) atoms. The van der Waals surface area contributed by atoms with Crippen LogP contribution in [0.5, 0.6) is 5.75 Å². The highest BCUT2D eigenvalue weighted by molar-refractivity contribution is 6.31. The third kappa shape index (κ3) is 6.10. The first-order valence-electron chi connectivity index (χ1n) is 12.4. The van der Waals surface area contributed by atoms with Crippen molar-refractivity contribution >= 4 is 34.8 Å². The molecule has 2 aliphatic rings. The first kappa shape index (κ1) is 26.8. The van der Waals surface area contributed by atoms with Crippen LogP contribution in [0, 0.1) is 0 Å². The summed E-state index contributed by atoms with van der Waals surface area (Å²) in [5.41, 5.74) is 2.31. The number of aryl methyl sites for hydroxylation is 1. The third-order valence-electron chi connectivity index (χ3n) is 6.41. The molecule has 0 aliphatic carbocycles. The number of alkyl halides is 3. The molecule has 1 saturated heterocycles. The second-order valence-electron chi connectivity index (χ2n) is 9.42. The zero-order chi connectivity index (χ0) is 27.7. The summed E-state index contributed by atoms with van der Waals surface area (Å²) < 4.78 is 44.9. The van der Waals surface area contributed by atoms with Crippen molar-refractivity contribution in [2.24, 2.45) is 0 Å². The molecule has 3 N–H and O–H groups in total. The van der Waals surface area contributed by atoms with Crippen LogP contribution >= 0.6 is 11.6 Å². The predicted molar refractivity (Wildman–Crippen MR) is 142 cm³/mol. The lowest BCUT2D eigenvalue weighted by atomic mass is 10.0. The predicted octanol–water partition coefficient (Wildman–Crippen LogP) is 5.73. The molecular formula is C27H26ClF3N6O2. The van der Waals surface area contributed by atoms with Gasteiger partial charge in [-0.15, -0.1) is 0 Å². The average molecular weight is 559 g/mol. The summed E-state index contributed by atoms with van der Waals surface area (Å²) >= 11 is 5.89. The molecule has 2 aromatic carbocycles. The Bertz CT molecular complexity index is 1430. The van der Waals surface area contributed by atoms with Crippen LogP contribution < -0.4 is 20.7 Å². The van der Waals surface area contributed by atoms with Gasteiger partial charge in [-0.25, -0.2) is 9.97 Å². The van der Waals surface area contributed by atoms with Gasteiger partial charge in [0.1, 0.15) is 0 Å². The van der Waals surface area contributed by atoms with Crippen LogP contribution in [0.4, 0.5) is 30.5 Å². The molecular weight excluding hydrogens is 533 g/mol. The number of fused-ring (bicyclic) bond motifs is 1. The van der Waals surface area contributed by atoms with Crippen molar-refractivity contribution in [3.63, 3.8) is 0 Å². The lowest BCUT2D eigenvalue weighted by Crippen LogP contribution is -2.59. The summed E-state index contributed by atoms with van der Waals surface area (Å²) in [6.45, 7) is 7.36. The van der Waals surface area contributed by atoms with E-state index in [4.69, 9.17) is 16.3 Å². The summed E-state index contributed by atoms with van der Waals surface area (Å²) in [5, 5.41) is 9.22. The van der Waals surface area contributed by atoms with Gasteiger partial charge in [-0.3, -0.25) is 4.79 Å². The maximum Gasteiger partial charge on any atom is 0.416 e. The van der Waals surface area contributed by atoms with Crippen molar-refractivity contribution < 1.29 is 22.7 Å². The van der Waals surface area contributed by atoms with Crippen molar-refractivity contribution in [2.75, 3.05) is 23.7 Å². The average Bonchev–Trinajstić information content (AvgIpc) is 3.22. The molecule has 3 heterocycles. The van der Waals surface area contributed by atoms with Crippen LogP contribution in [0.1, 0.15) is 40.5 Å². The smallest absolute Gasteiger partial charge is 0.416 e. The lowest BCUT2D eigenvalue weighted by molar-refractivity contribution is -0.137. The van der Waals surface area contributed by atoms with Gasteiger partial charge in [0.05, 0.1) is 16.9 Å². The van der Waals surface area contributed by atoms with E-state index in [1.807, 2.05) is 6.92 Å². The maximum absolute atomic E-state index is 13.1. The van der Waals surface area contributed by atoms with E-state index in [0.717, 1.165) is 35.5 Å². The molecule has 204 valence electrons. The van der Waals surface area contributed by atoms with Gasteiger partial charge in [-0.1, -0.05) is 24.9 Å². The topological polar surface area (TPSA) is 91.4 Å². The number of rotatable bonds is 8. The first-order chi connectivity index (χ1) is 18.6. The van der Waals surface area contributed by atoms with Crippen LogP contribution in [0.25, 0.3) is 0 Å². The fraction of sp³-hybridized carbons (Fsp3) is 0.296. The fourth-order valence-corrected chi connectivity index (χ4v) is 4.65. The molecule has 3 aromatic rings. The SMILES string of the molecule is C=C1Nc2ccc(C(=O)N3CC(NCc4cnc(Nc5cc(Cl)cc(C(F)(F)F)c5)nc4CCC)C3)cc2O1. The summed E-state index contributed by atoms with van der Waals surface area (Å²) in [6, 6.07) is 8.61. The van der Waals surface area contributed by atoms with Gasteiger partial charge < -0.3 is 25.6 Å². The zero-order valence-corrected chi connectivity index (χ0v) is 21.8. The Hall–Kier alpha value is -3.83. The van der Waals surface area contributed by atoms with E-state index in [2.05, 4.69) is 32.5 Å². The molecule has 5 rings (SSSR count). The summed E-state index contributed by atoms with van der Waals surface area (Å²) in [5.74, 6) is 1.13. The fourth-order valence-electron chi connectivity index (χ4n) is 4.42. The highest BCUT2D eigenvalue weighted by Gasteiger charge is 2.32. The van der Waals surface area contributed by atoms with Crippen LogP contribution in [0.15, 0.2) is 55.1 Å². The molecule has 1 fully saturated rings. The molecule has 12 heteroatoms. The van der Waals surface area contributed by atoms with Crippen molar-refractivity contribution in [3.05, 3.63) is 82.5 Å². The molecule has 0 spiro atoms. The Morgan fingerprint density at radius 2 is 2.05 bits per heavy atom. The minimum Gasteiger partial charge on any atom is -0.439 e. The van der Waals surface area contributed by atoms with Gasteiger partial charge in [-0.2, -0.15) is 13.2 Å². The Labute approximate surface area is 228 Å². The van der Waals surface area contributed by atoms with Crippen LogP contribution in [0.3, 0.4) is 0 Å². The van der Waals surface area contributed by atoms with E-state index < -0.39 is 11.7 Å². The van der Waals surface area contributed by atoms with Crippen molar-refractivity contribution in [3.8, 4) is 5.75 Å². The molecule has 2 aliphatic heterocycles. The lowest BCUT2D eigenvalue weighted by Gasteiger charge is -2.40. The normalized spacial score (nSPS) is 14.9. The number of halogens is 4. The van der Waals surface area contributed by atoms with E-state index in [1.54, 1.807) is 29.3 Å². The van der Waals surface area contributed by atoms with E-state index >= 15 is 0 Å². The summed E-state index contributed by atoms with van der Waals surface area (Å²) in [7, 11) is 0. The summed E-state index contributed by atoms with van der Waals surface area (Å²) in [4.78, 5) is 23.5. The number of hydrogen-bond acceptors (Lipinski definition) is 7. The van der Waals surface area contributed by atoms with E-state index in [9.17, 15) is 18.0 Å². The first-order valence-corrected chi connectivity index (χ1v) is 12.8. The van der Waals surface area contributed by atoms with Gasteiger partial charge in [-0.05, 0) is 49.4 Å². The highest BCUT2D eigenvalue weighted by Crippen LogP contribution is 2.35. The highest BCUT2D eigenvalue weighted by atomic mass is 35.5. The molecule has 0 saturated carbocycles. The molecule has 0 bridgehead atoms. The number of hydrogen-bond donors (Lipinski definition) is 3. The Balaban J connectivity index is 1.18. The number of anilines is 3. The van der Waals surface area contributed by atoms with Gasteiger partial charge >= 0.3 is 6.18 Å². The number of benzene rings is 2. The Morgan fingerprint density at radius 3 is 2.79 bits per heavy atom. The van der Waals surface area contributed by atoms with Crippen molar-refractivity contribution in [1.29, 1.82) is 0 Å². The van der Waals surface area contributed by atoms with E-state index in [-0.39, 0.29) is 28.6 Å². The largest absolute Gasteiger partial charge is 0.439 e.